The maximum absolute atomic E-state index is 12.5. The van der Waals surface area contributed by atoms with E-state index in [0.717, 1.165) is 5.56 Å². The summed E-state index contributed by atoms with van der Waals surface area (Å²) >= 11 is 0. The van der Waals surface area contributed by atoms with Gasteiger partial charge in [0.2, 0.25) is 11.8 Å². The summed E-state index contributed by atoms with van der Waals surface area (Å²) in [5, 5.41) is 5.00. The number of nitrogens with zero attached hydrogens (tertiary/aromatic N) is 1. The molecule has 1 aromatic carbocycles. The Hall–Kier alpha value is -2.41. The van der Waals surface area contributed by atoms with Crippen LogP contribution < -0.4 is 10.6 Å². The normalized spacial score (nSPS) is 20.8. The summed E-state index contributed by atoms with van der Waals surface area (Å²) in [6, 6.07) is 8.69. The SMILES string of the molecule is CNC(=O)CNC(=O)[C@H]1OCC(=O)N(C(C)C)[C@@H]1c1ccccc1. The number of likely N-dealkylation sites (N-methyl/N-ethyl adjacent to an activating group) is 1. The Kier molecular flexibility index (Phi) is 5.92. The molecule has 0 spiro atoms. The number of hydrogen-bond acceptors (Lipinski definition) is 4. The molecule has 0 bridgehead atoms. The molecule has 0 saturated carbocycles. The van der Waals surface area contributed by atoms with Crippen LogP contribution in [0.5, 0.6) is 0 Å². The second kappa shape index (κ2) is 7.92. The Morgan fingerprint density at radius 1 is 1.29 bits per heavy atom. The van der Waals surface area contributed by atoms with E-state index in [2.05, 4.69) is 10.6 Å². The summed E-state index contributed by atoms with van der Waals surface area (Å²) in [6.07, 6.45) is -0.864. The molecule has 1 aliphatic rings. The molecule has 7 nitrogen and oxygen atoms in total. The Balaban J connectivity index is 2.28. The Morgan fingerprint density at radius 2 is 1.96 bits per heavy atom. The van der Waals surface area contributed by atoms with Gasteiger partial charge in [0, 0.05) is 13.1 Å². The Morgan fingerprint density at radius 3 is 2.54 bits per heavy atom. The molecule has 3 amide bonds. The van der Waals surface area contributed by atoms with Crippen LogP contribution in [0, 0.1) is 0 Å². The van der Waals surface area contributed by atoms with Crippen molar-refractivity contribution < 1.29 is 19.1 Å². The molecule has 0 radical (unpaired) electrons. The topological polar surface area (TPSA) is 87.7 Å². The lowest BCUT2D eigenvalue weighted by Crippen LogP contribution is -2.56. The predicted octanol–water partition coefficient (Wildman–Crippen LogP) is 0.226. The van der Waals surface area contributed by atoms with E-state index in [0.29, 0.717) is 0 Å². The fourth-order valence-corrected chi connectivity index (χ4v) is 2.80. The van der Waals surface area contributed by atoms with Gasteiger partial charge in [0.1, 0.15) is 6.61 Å². The van der Waals surface area contributed by atoms with Gasteiger partial charge in [-0.25, -0.2) is 0 Å². The number of carbonyl (C=O) groups excluding carboxylic acids is 3. The van der Waals surface area contributed by atoms with Gasteiger partial charge in [0.15, 0.2) is 6.10 Å². The van der Waals surface area contributed by atoms with Gasteiger partial charge in [-0.15, -0.1) is 0 Å². The monoisotopic (exact) mass is 333 g/mol. The van der Waals surface area contributed by atoms with Crippen molar-refractivity contribution in [2.24, 2.45) is 0 Å². The standard InChI is InChI=1S/C17H23N3O4/c1-11(2)20-14(22)10-24-16(17(23)19-9-13(21)18-3)15(20)12-7-5-4-6-8-12/h4-8,11,15-16H,9-10H2,1-3H3,(H,18,21)(H,19,23)/t15-,16+/m1/s1. The molecule has 0 unspecified atom stereocenters. The zero-order chi connectivity index (χ0) is 17.7. The highest BCUT2D eigenvalue weighted by Gasteiger charge is 2.42. The summed E-state index contributed by atoms with van der Waals surface area (Å²) in [7, 11) is 1.50. The first kappa shape index (κ1) is 17.9. The van der Waals surface area contributed by atoms with E-state index in [1.807, 2.05) is 44.2 Å². The third-order valence-electron chi connectivity index (χ3n) is 3.92. The molecule has 2 N–H and O–H groups in total. The maximum atomic E-state index is 12.5. The highest BCUT2D eigenvalue weighted by atomic mass is 16.5. The van der Waals surface area contributed by atoms with Crippen LogP contribution in [0.3, 0.4) is 0 Å². The summed E-state index contributed by atoms with van der Waals surface area (Å²) < 4.78 is 5.53. The minimum atomic E-state index is -0.864. The molecule has 24 heavy (non-hydrogen) atoms. The zero-order valence-corrected chi connectivity index (χ0v) is 14.1. The van der Waals surface area contributed by atoms with Gasteiger partial charge in [-0.2, -0.15) is 0 Å². The fraction of sp³-hybridized carbons (Fsp3) is 0.471. The predicted molar refractivity (Wildman–Crippen MR) is 88.0 cm³/mol. The van der Waals surface area contributed by atoms with E-state index in [1.165, 1.54) is 7.05 Å². The van der Waals surface area contributed by atoms with Gasteiger partial charge in [-0.1, -0.05) is 30.3 Å². The van der Waals surface area contributed by atoms with Gasteiger partial charge >= 0.3 is 0 Å². The van der Waals surface area contributed by atoms with Crippen LogP contribution in [-0.2, 0) is 19.1 Å². The number of benzene rings is 1. The zero-order valence-electron chi connectivity index (χ0n) is 14.1. The number of morpholine rings is 1. The molecule has 1 aromatic rings. The van der Waals surface area contributed by atoms with Gasteiger partial charge in [0.05, 0.1) is 12.6 Å². The lowest BCUT2D eigenvalue weighted by atomic mass is 9.96. The molecule has 7 heteroatoms. The van der Waals surface area contributed by atoms with Crippen molar-refractivity contribution in [1.29, 1.82) is 0 Å². The maximum Gasteiger partial charge on any atom is 0.252 e. The van der Waals surface area contributed by atoms with Gasteiger partial charge in [-0.05, 0) is 19.4 Å². The van der Waals surface area contributed by atoms with Crippen molar-refractivity contribution in [3.63, 3.8) is 0 Å². The number of amides is 3. The van der Waals surface area contributed by atoms with E-state index < -0.39 is 18.1 Å². The van der Waals surface area contributed by atoms with Crippen LogP contribution in [-0.4, -0.2) is 55.0 Å². The number of hydrogen-bond donors (Lipinski definition) is 2. The molecule has 1 saturated heterocycles. The molecular weight excluding hydrogens is 310 g/mol. The lowest BCUT2D eigenvalue weighted by molar-refractivity contribution is -0.167. The van der Waals surface area contributed by atoms with Crippen LogP contribution in [0.4, 0.5) is 0 Å². The highest BCUT2D eigenvalue weighted by Crippen LogP contribution is 2.32. The van der Waals surface area contributed by atoms with Crippen LogP contribution >= 0.6 is 0 Å². The summed E-state index contributed by atoms with van der Waals surface area (Å²) in [6.45, 7) is 3.52. The minimum absolute atomic E-state index is 0.0825. The third-order valence-corrected chi connectivity index (χ3v) is 3.92. The molecular formula is C17H23N3O4. The second-order valence-corrected chi connectivity index (χ2v) is 5.87. The van der Waals surface area contributed by atoms with Gasteiger partial charge in [-0.3, -0.25) is 14.4 Å². The minimum Gasteiger partial charge on any atom is -0.358 e. The van der Waals surface area contributed by atoms with E-state index in [1.54, 1.807) is 4.90 Å². The fourth-order valence-electron chi connectivity index (χ4n) is 2.80. The first-order valence-corrected chi connectivity index (χ1v) is 7.91. The number of rotatable bonds is 5. The van der Waals surface area contributed by atoms with Crippen molar-refractivity contribution in [2.75, 3.05) is 20.2 Å². The Bertz CT molecular complexity index is 603. The summed E-state index contributed by atoms with van der Waals surface area (Å²) in [5.41, 5.74) is 0.819. The van der Waals surface area contributed by atoms with E-state index >= 15 is 0 Å². The number of nitrogens with one attached hydrogen (secondary N) is 2. The van der Waals surface area contributed by atoms with Gasteiger partial charge < -0.3 is 20.3 Å². The van der Waals surface area contributed by atoms with Gasteiger partial charge in [0.25, 0.3) is 5.91 Å². The van der Waals surface area contributed by atoms with Crippen LogP contribution in [0.1, 0.15) is 25.5 Å². The van der Waals surface area contributed by atoms with Crippen LogP contribution in [0.25, 0.3) is 0 Å². The summed E-state index contributed by atoms with van der Waals surface area (Å²) in [5.74, 6) is -0.868. The summed E-state index contributed by atoms with van der Waals surface area (Å²) in [4.78, 5) is 37.8. The number of ether oxygens (including phenoxy) is 1. The van der Waals surface area contributed by atoms with E-state index in [4.69, 9.17) is 4.74 Å². The average Bonchev–Trinajstić information content (AvgIpc) is 2.59. The second-order valence-electron chi connectivity index (χ2n) is 5.87. The van der Waals surface area contributed by atoms with Crippen LogP contribution in [0.15, 0.2) is 30.3 Å². The highest BCUT2D eigenvalue weighted by molar-refractivity contribution is 5.89. The molecule has 130 valence electrons. The van der Waals surface area contributed by atoms with Crippen molar-refractivity contribution in [3.8, 4) is 0 Å². The first-order chi connectivity index (χ1) is 11.5. The molecule has 0 aliphatic carbocycles. The van der Waals surface area contributed by atoms with Crippen molar-refractivity contribution in [2.45, 2.75) is 32.0 Å². The third kappa shape index (κ3) is 3.91. The van der Waals surface area contributed by atoms with Crippen LogP contribution in [0.2, 0.25) is 0 Å². The number of carbonyl (C=O) groups is 3. The van der Waals surface area contributed by atoms with E-state index in [-0.39, 0.29) is 31.0 Å². The van der Waals surface area contributed by atoms with Crippen molar-refractivity contribution in [1.82, 2.24) is 15.5 Å². The molecule has 2 atom stereocenters. The molecule has 1 heterocycles. The molecule has 2 rings (SSSR count). The Labute approximate surface area is 141 Å². The van der Waals surface area contributed by atoms with Crippen molar-refractivity contribution >= 4 is 17.7 Å². The first-order valence-electron chi connectivity index (χ1n) is 7.91. The van der Waals surface area contributed by atoms with E-state index in [9.17, 15) is 14.4 Å². The molecule has 0 aromatic heterocycles. The van der Waals surface area contributed by atoms with Crippen molar-refractivity contribution in [3.05, 3.63) is 35.9 Å². The molecule has 1 fully saturated rings. The average molecular weight is 333 g/mol. The largest absolute Gasteiger partial charge is 0.358 e. The quantitative estimate of drug-likeness (QED) is 0.807. The molecule has 1 aliphatic heterocycles. The smallest absolute Gasteiger partial charge is 0.252 e. The lowest BCUT2D eigenvalue weighted by Gasteiger charge is -2.42.